The number of piperazine rings is 1. The maximum Gasteiger partial charge on any atom is 0.122 e. The molecule has 0 bridgehead atoms. The first-order valence-corrected chi connectivity index (χ1v) is 9.93. The Hall–Kier alpha value is -1.14. The minimum Gasteiger partial charge on any atom is -0.496 e. The molecule has 0 aliphatic carbocycles. The summed E-state index contributed by atoms with van der Waals surface area (Å²) in [6.07, 6.45) is 3.12. The SMILES string of the molecule is COc1ccc(CN2CCN(C3CCOCC3)C[C@@H]2CCO)c(C)c1C. The van der Waals surface area contributed by atoms with Crippen LogP contribution in [0.5, 0.6) is 5.75 Å². The minimum absolute atomic E-state index is 0.253. The lowest BCUT2D eigenvalue weighted by Gasteiger charge is -2.45. The third kappa shape index (κ3) is 4.39. The van der Waals surface area contributed by atoms with Gasteiger partial charge >= 0.3 is 0 Å². The highest BCUT2D eigenvalue weighted by atomic mass is 16.5. The maximum atomic E-state index is 9.58. The molecule has 2 heterocycles. The van der Waals surface area contributed by atoms with Crippen LogP contribution in [0.1, 0.15) is 36.0 Å². The monoisotopic (exact) mass is 362 g/mol. The van der Waals surface area contributed by atoms with E-state index in [-0.39, 0.29) is 6.61 Å². The highest BCUT2D eigenvalue weighted by Crippen LogP contribution is 2.27. The number of hydrogen-bond donors (Lipinski definition) is 1. The Bertz CT molecular complexity index is 587. The van der Waals surface area contributed by atoms with Crippen LogP contribution in [0.2, 0.25) is 0 Å². The van der Waals surface area contributed by atoms with Crippen molar-refractivity contribution < 1.29 is 14.6 Å². The zero-order valence-electron chi connectivity index (χ0n) is 16.5. The van der Waals surface area contributed by atoms with E-state index in [0.717, 1.165) is 64.4 Å². The molecular formula is C21H34N2O3. The van der Waals surface area contributed by atoms with Crippen LogP contribution < -0.4 is 4.74 Å². The van der Waals surface area contributed by atoms with Crippen molar-refractivity contribution in [2.75, 3.05) is 46.6 Å². The zero-order chi connectivity index (χ0) is 18.5. The van der Waals surface area contributed by atoms with Gasteiger partial charge < -0.3 is 14.6 Å². The van der Waals surface area contributed by atoms with E-state index in [0.29, 0.717) is 12.1 Å². The Morgan fingerprint density at radius 1 is 1.15 bits per heavy atom. The highest BCUT2D eigenvalue weighted by molar-refractivity contribution is 5.43. The molecule has 0 aromatic heterocycles. The first-order chi connectivity index (χ1) is 12.6. The van der Waals surface area contributed by atoms with Gasteiger partial charge in [0.25, 0.3) is 0 Å². The van der Waals surface area contributed by atoms with E-state index in [4.69, 9.17) is 9.47 Å². The maximum absolute atomic E-state index is 9.58. The van der Waals surface area contributed by atoms with Gasteiger partial charge in [0, 0.05) is 58.1 Å². The van der Waals surface area contributed by atoms with E-state index >= 15 is 0 Å². The van der Waals surface area contributed by atoms with Crippen molar-refractivity contribution >= 4 is 0 Å². The molecule has 5 heteroatoms. The molecule has 0 unspecified atom stereocenters. The summed E-state index contributed by atoms with van der Waals surface area (Å²) < 4.78 is 11.0. The number of aliphatic hydroxyl groups is 1. The van der Waals surface area contributed by atoms with Crippen LogP contribution in [0.3, 0.4) is 0 Å². The van der Waals surface area contributed by atoms with E-state index in [1.807, 2.05) is 0 Å². The lowest BCUT2D eigenvalue weighted by molar-refractivity contribution is -0.0117. The molecule has 146 valence electrons. The fourth-order valence-corrected chi connectivity index (χ4v) is 4.39. The Kier molecular flexibility index (Phi) is 6.92. The van der Waals surface area contributed by atoms with Crippen molar-refractivity contribution in [3.63, 3.8) is 0 Å². The molecule has 0 radical (unpaired) electrons. The molecule has 1 atom stereocenters. The smallest absolute Gasteiger partial charge is 0.122 e. The summed E-state index contributed by atoms with van der Waals surface area (Å²) in [4.78, 5) is 5.19. The largest absolute Gasteiger partial charge is 0.496 e. The summed E-state index contributed by atoms with van der Waals surface area (Å²) in [6, 6.07) is 5.34. The zero-order valence-corrected chi connectivity index (χ0v) is 16.5. The molecule has 1 N–H and O–H groups in total. The molecule has 1 aromatic rings. The molecule has 1 aromatic carbocycles. The Labute approximate surface area is 157 Å². The first kappa shape index (κ1) is 19.6. The number of methoxy groups -OCH3 is 1. The number of benzene rings is 1. The number of hydrogen-bond acceptors (Lipinski definition) is 5. The average Bonchev–Trinajstić information content (AvgIpc) is 2.68. The fourth-order valence-electron chi connectivity index (χ4n) is 4.39. The summed E-state index contributed by atoms with van der Waals surface area (Å²) in [6.45, 7) is 10.5. The van der Waals surface area contributed by atoms with Gasteiger partial charge in [0.05, 0.1) is 7.11 Å². The Morgan fingerprint density at radius 3 is 2.62 bits per heavy atom. The van der Waals surface area contributed by atoms with Crippen LogP contribution in [-0.4, -0.2) is 73.6 Å². The quantitative estimate of drug-likeness (QED) is 0.842. The standard InChI is InChI=1S/C21H34N2O3/c1-16-17(2)21(25-3)5-4-18(16)14-22-9-10-23(15-20(22)6-11-24)19-7-12-26-13-8-19/h4-5,19-20,24H,6-15H2,1-3H3/t20-/m0/s1. The van der Waals surface area contributed by atoms with Crippen LogP contribution >= 0.6 is 0 Å². The molecule has 2 aliphatic heterocycles. The second-order valence-corrected chi connectivity index (χ2v) is 7.65. The normalized spacial score (nSPS) is 23.3. The second kappa shape index (κ2) is 9.18. The van der Waals surface area contributed by atoms with E-state index < -0.39 is 0 Å². The number of aliphatic hydroxyl groups excluding tert-OH is 1. The van der Waals surface area contributed by atoms with Gasteiger partial charge in [-0.1, -0.05) is 6.07 Å². The van der Waals surface area contributed by atoms with Gasteiger partial charge in [-0.3, -0.25) is 9.80 Å². The number of ether oxygens (including phenoxy) is 2. The van der Waals surface area contributed by atoms with Gasteiger partial charge in [-0.25, -0.2) is 0 Å². The summed E-state index contributed by atoms with van der Waals surface area (Å²) in [5, 5.41) is 9.58. The van der Waals surface area contributed by atoms with Crippen molar-refractivity contribution in [1.82, 2.24) is 9.80 Å². The number of rotatable bonds is 6. The molecular weight excluding hydrogens is 328 g/mol. The van der Waals surface area contributed by atoms with Gasteiger partial charge in [-0.15, -0.1) is 0 Å². The van der Waals surface area contributed by atoms with Crippen molar-refractivity contribution in [3.8, 4) is 5.75 Å². The third-order valence-electron chi connectivity index (χ3n) is 6.25. The van der Waals surface area contributed by atoms with E-state index in [2.05, 4.69) is 35.8 Å². The Morgan fingerprint density at radius 2 is 1.92 bits per heavy atom. The van der Waals surface area contributed by atoms with Crippen LogP contribution in [0.4, 0.5) is 0 Å². The average molecular weight is 363 g/mol. The lowest BCUT2D eigenvalue weighted by atomic mass is 9.99. The Balaban J connectivity index is 1.68. The van der Waals surface area contributed by atoms with Crippen molar-refractivity contribution in [2.45, 2.75) is 51.7 Å². The molecule has 3 rings (SSSR count). The summed E-state index contributed by atoms with van der Waals surface area (Å²) in [5.74, 6) is 0.961. The van der Waals surface area contributed by atoms with Crippen LogP contribution in [0.15, 0.2) is 12.1 Å². The van der Waals surface area contributed by atoms with Crippen LogP contribution in [-0.2, 0) is 11.3 Å². The first-order valence-electron chi connectivity index (χ1n) is 9.93. The van der Waals surface area contributed by atoms with Crippen molar-refractivity contribution in [3.05, 3.63) is 28.8 Å². The lowest BCUT2D eigenvalue weighted by Crippen LogP contribution is -2.56. The molecule has 0 amide bonds. The van der Waals surface area contributed by atoms with Crippen LogP contribution in [0.25, 0.3) is 0 Å². The van der Waals surface area contributed by atoms with E-state index in [1.165, 1.54) is 16.7 Å². The molecule has 2 aliphatic rings. The van der Waals surface area contributed by atoms with E-state index in [1.54, 1.807) is 7.11 Å². The van der Waals surface area contributed by atoms with Crippen LogP contribution in [0, 0.1) is 13.8 Å². The molecule has 2 fully saturated rings. The third-order valence-corrected chi connectivity index (χ3v) is 6.25. The van der Waals surface area contributed by atoms with Gasteiger partial charge in [0.2, 0.25) is 0 Å². The van der Waals surface area contributed by atoms with Gasteiger partial charge in [0.1, 0.15) is 5.75 Å². The molecule has 0 spiro atoms. The predicted molar refractivity (Wildman–Crippen MR) is 104 cm³/mol. The molecule has 26 heavy (non-hydrogen) atoms. The van der Waals surface area contributed by atoms with Crippen molar-refractivity contribution in [1.29, 1.82) is 0 Å². The minimum atomic E-state index is 0.253. The molecule has 0 saturated carbocycles. The predicted octanol–water partition coefficient (Wildman–Crippen LogP) is 2.36. The second-order valence-electron chi connectivity index (χ2n) is 7.65. The van der Waals surface area contributed by atoms with Gasteiger partial charge in [-0.2, -0.15) is 0 Å². The molecule has 2 saturated heterocycles. The topological polar surface area (TPSA) is 45.2 Å². The van der Waals surface area contributed by atoms with Crippen molar-refractivity contribution in [2.24, 2.45) is 0 Å². The summed E-state index contributed by atoms with van der Waals surface area (Å²) in [5.41, 5.74) is 3.91. The fraction of sp³-hybridized carbons (Fsp3) is 0.714. The number of nitrogens with zero attached hydrogens (tertiary/aromatic N) is 2. The van der Waals surface area contributed by atoms with Gasteiger partial charge in [0.15, 0.2) is 0 Å². The summed E-state index contributed by atoms with van der Waals surface area (Å²) >= 11 is 0. The highest BCUT2D eigenvalue weighted by Gasteiger charge is 2.31. The van der Waals surface area contributed by atoms with E-state index in [9.17, 15) is 5.11 Å². The van der Waals surface area contributed by atoms with Gasteiger partial charge in [-0.05, 0) is 55.9 Å². The summed E-state index contributed by atoms with van der Waals surface area (Å²) in [7, 11) is 1.73. The molecule has 5 nitrogen and oxygen atoms in total.